The maximum Gasteiger partial charge on any atom is 0.226 e. The van der Waals surface area contributed by atoms with Crippen LogP contribution in [0.3, 0.4) is 0 Å². The SMILES string of the molecule is Cc1nn(-c2ccc(F)cc2)c(C)c1CC(=O)N(C)CCCC1CC(c2ccccc2)NN1. The van der Waals surface area contributed by atoms with Gasteiger partial charge in [-0.05, 0) is 62.9 Å². The largest absolute Gasteiger partial charge is 0.345 e. The van der Waals surface area contributed by atoms with Crippen LogP contribution in [0, 0.1) is 19.7 Å². The quantitative estimate of drug-likeness (QED) is 0.545. The molecular weight excluding hydrogens is 417 g/mol. The zero-order valence-corrected chi connectivity index (χ0v) is 19.5. The van der Waals surface area contributed by atoms with E-state index in [1.807, 2.05) is 31.9 Å². The van der Waals surface area contributed by atoms with Crippen molar-refractivity contribution in [1.29, 1.82) is 0 Å². The van der Waals surface area contributed by atoms with E-state index in [0.717, 1.165) is 48.4 Å². The monoisotopic (exact) mass is 449 g/mol. The summed E-state index contributed by atoms with van der Waals surface area (Å²) in [6.45, 7) is 4.59. The van der Waals surface area contributed by atoms with Crippen molar-refractivity contribution in [2.75, 3.05) is 13.6 Å². The van der Waals surface area contributed by atoms with Crippen LogP contribution in [-0.2, 0) is 11.2 Å². The van der Waals surface area contributed by atoms with E-state index in [-0.39, 0.29) is 11.7 Å². The Hall–Kier alpha value is -3.03. The van der Waals surface area contributed by atoms with E-state index in [4.69, 9.17) is 0 Å². The predicted molar refractivity (Wildman–Crippen MR) is 127 cm³/mol. The number of hydrogen-bond acceptors (Lipinski definition) is 4. The first-order valence-electron chi connectivity index (χ1n) is 11.5. The normalized spacial score (nSPS) is 17.9. The lowest BCUT2D eigenvalue weighted by Crippen LogP contribution is -2.33. The number of carbonyl (C=O) groups excluding carboxylic acids is 1. The van der Waals surface area contributed by atoms with Crippen LogP contribution in [0.4, 0.5) is 4.39 Å². The summed E-state index contributed by atoms with van der Waals surface area (Å²) in [4.78, 5) is 14.7. The highest BCUT2D eigenvalue weighted by molar-refractivity contribution is 5.79. The molecule has 3 aromatic rings. The molecule has 6 nitrogen and oxygen atoms in total. The number of aryl methyl sites for hydroxylation is 1. The number of carbonyl (C=O) groups is 1. The van der Waals surface area contributed by atoms with Crippen LogP contribution in [-0.4, -0.2) is 40.2 Å². The molecule has 2 N–H and O–H groups in total. The van der Waals surface area contributed by atoms with E-state index in [2.05, 4.69) is 40.2 Å². The molecule has 1 fully saturated rings. The van der Waals surface area contributed by atoms with Crippen molar-refractivity contribution in [2.24, 2.45) is 0 Å². The van der Waals surface area contributed by atoms with Crippen molar-refractivity contribution in [3.63, 3.8) is 0 Å². The van der Waals surface area contributed by atoms with E-state index in [0.29, 0.717) is 18.5 Å². The van der Waals surface area contributed by atoms with Crippen molar-refractivity contribution in [1.82, 2.24) is 25.5 Å². The van der Waals surface area contributed by atoms with Crippen LogP contribution < -0.4 is 10.9 Å². The molecule has 1 aliphatic heterocycles. The standard InChI is InChI=1S/C26H32FN5O/c1-18-24(19(2)32(30-18)23-13-11-21(27)12-14-23)17-26(33)31(3)15-7-10-22-16-25(29-28-22)20-8-5-4-6-9-20/h4-6,8-9,11-14,22,25,28-29H,7,10,15-17H2,1-3H3. The molecule has 1 aromatic heterocycles. The fraction of sp³-hybridized carbons (Fsp3) is 0.385. The molecule has 0 aliphatic carbocycles. The smallest absolute Gasteiger partial charge is 0.226 e. The molecule has 174 valence electrons. The molecule has 2 aromatic carbocycles. The molecule has 4 rings (SSSR count). The summed E-state index contributed by atoms with van der Waals surface area (Å²) < 4.78 is 15.0. The zero-order chi connectivity index (χ0) is 23.4. The first kappa shape index (κ1) is 23.1. The van der Waals surface area contributed by atoms with Crippen LogP contribution >= 0.6 is 0 Å². The Morgan fingerprint density at radius 3 is 2.58 bits per heavy atom. The number of nitrogens with zero attached hydrogens (tertiary/aromatic N) is 3. The van der Waals surface area contributed by atoms with Gasteiger partial charge in [-0.15, -0.1) is 0 Å². The number of rotatable bonds is 8. The first-order valence-corrected chi connectivity index (χ1v) is 11.5. The van der Waals surface area contributed by atoms with E-state index < -0.39 is 0 Å². The summed E-state index contributed by atoms with van der Waals surface area (Å²) >= 11 is 0. The summed E-state index contributed by atoms with van der Waals surface area (Å²) in [5, 5.41) is 4.58. The fourth-order valence-corrected chi connectivity index (χ4v) is 4.47. The third kappa shape index (κ3) is 5.49. The highest BCUT2D eigenvalue weighted by atomic mass is 19.1. The Labute approximate surface area is 194 Å². The summed E-state index contributed by atoms with van der Waals surface area (Å²) in [5.74, 6) is -0.198. The molecule has 0 saturated carbocycles. The van der Waals surface area contributed by atoms with Gasteiger partial charge >= 0.3 is 0 Å². The molecule has 7 heteroatoms. The van der Waals surface area contributed by atoms with Gasteiger partial charge in [0.05, 0.1) is 17.8 Å². The minimum absolute atomic E-state index is 0.0829. The number of aromatic nitrogens is 2. The maximum atomic E-state index is 13.3. The number of halogens is 1. The molecule has 1 saturated heterocycles. The minimum Gasteiger partial charge on any atom is -0.345 e. The van der Waals surface area contributed by atoms with Gasteiger partial charge in [0.1, 0.15) is 5.82 Å². The van der Waals surface area contributed by atoms with Gasteiger partial charge in [-0.3, -0.25) is 15.6 Å². The maximum absolute atomic E-state index is 13.3. The number of hydrogen-bond donors (Lipinski definition) is 2. The summed E-state index contributed by atoms with van der Waals surface area (Å²) in [5.41, 5.74) is 11.5. The average Bonchev–Trinajstić information content (AvgIpc) is 3.40. The molecule has 33 heavy (non-hydrogen) atoms. The van der Waals surface area contributed by atoms with Gasteiger partial charge in [0.25, 0.3) is 0 Å². The van der Waals surface area contributed by atoms with Crippen molar-refractivity contribution in [2.45, 2.75) is 51.6 Å². The lowest BCUT2D eigenvalue weighted by molar-refractivity contribution is -0.129. The highest BCUT2D eigenvalue weighted by Crippen LogP contribution is 2.24. The zero-order valence-electron chi connectivity index (χ0n) is 19.5. The molecular formula is C26H32FN5O. The third-order valence-electron chi connectivity index (χ3n) is 6.50. The summed E-state index contributed by atoms with van der Waals surface area (Å²) in [6.07, 6.45) is 3.31. The number of amides is 1. The van der Waals surface area contributed by atoms with E-state index in [1.54, 1.807) is 16.8 Å². The van der Waals surface area contributed by atoms with Crippen molar-refractivity contribution >= 4 is 5.91 Å². The molecule has 1 amide bonds. The summed E-state index contributed by atoms with van der Waals surface area (Å²) in [6, 6.07) is 17.4. The van der Waals surface area contributed by atoms with Gasteiger partial charge < -0.3 is 4.90 Å². The van der Waals surface area contributed by atoms with Crippen LogP contribution in [0.2, 0.25) is 0 Å². The second-order valence-corrected chi connectivity index (χ2v) is 8.86. The van der Waals surface area contributed by atoms with Gasteiger partial charge in [0, 0.05) is 36.9 Å². The molecule has 0 bridgehead atoms. The number of nitrogens with one attached hydrogen (secondary N) is 2. The molecule has 2 atom stereocenters. The Morgan fingerprint density at radius 1 is 1.12 bits per heavy atom. The molecule has 0 spiro atoms. The highest BCUT2D eigenvalue weighted by Gasteiger charge is 2.25. The van der Waals surface area contributed by atoms with Crippen molar-refractivity contribution in [3.05, 3.63) is 82.9 Å². The number of likely N-dealkylation sites (N-methyl/N-ethyl adjacent to an activating group) is 1. The first-order chi connectivity index (χ1) is 15.9. The number of benzene rings is 2. The van der Waals surface area contributed by atoms with Crippen LogP contribution in [0.5, 0.6) is 0 Å². The molecule has 1 aliphatic rings. The van der Waals surface area contributed by atoms with Gasteiger partial charge in [-0.2, -0.15) is 5.10 Å². The van der Waals surface area contributed by atoms with Gasteiger partial charge in [-0.1, -0.05) is 30.3 Å². The van der Waals surface area contributed by atoms with E-state index >= 15 is 0 Å². The van der Waals surface area contributed by atoms with Gasteiger partial charge in [0.15, 0.2) is 0 Å². The topological polar surface area (TPSA) is 62.2 Å². The van der Waals surface area contributed by atoms with Gasteiger partial charge in [-0.25, -0.2) is 9.07 Å². The Balaban J connectivity index is 1.27. The third-order valence-corrected chi connectivity index (χ3v) is 6.50. The minimum atomic E-state index is -0.281. The fourth-order valence-electron chi connectivity index (χ4n) is 4.47. The second kappa shape index (κ2) is 10.3. The number of hydrazine groups is 1. The molecule has 2 unspecified atom stereocenters. The molecule has 2 heterocycles. The van der Waals surface area contributed by atoms with Crippen LogP contribution in [0.1, 0.15) is 47.8 Å². The Bertz CT molecular complexity index is 1080. The van der Waals surface area contributed by atoms with Crippen LogP contribution in [0.15, 0.2) is 54.6 Å². The average molecular weight is 450 g/mol. The van der Waals surface area contributed by atoms with Crippen molar-refractivity contribution < 1.29 is 9.18 Å². The lowest BCUT2D eigenvalue weighted by atomic mass is 10.00. The Morgan fingerprint density at radius 2 is 1.85 bits per heavy atom. The van der Waals surface area contributed by atoms with Crippen LogP contribution in [0.25, 0.3) is 5.69 Å². The Kier molecular flexibility index (Phi) is 7.20. The molecule has 0 radical (unpaired) electrons. The van der Waals surface area contributed by atoms with E-state index in [9.17, 15) is 9.18 Å². The van der Waals surface area contributed by atoms with E-state index in [1.165, 1.54) is 17.7 Å². The van der Waals surface area contributed by atoms with Gasteiger partial charge in [0.2, 0.25) is 5.91 Å². The second-order valence-electron chi connectivity index (χ2n) is 8.86. The predicted octanol–water partition coefficient (Wildman–Crippen LogP) is 4.02. The van der Waals surface area contributed by atoms with Crippen molar-refractivity contribution in [3.8, 4) is 5.69 Å². The summed E-state index contributed by atoms with van der Waals surface area (Å²) in [7, 11) is 1.87. The lowest BCUT2D eigenvalue weighted by Gasteiger charge is -2.18.